The SMILES string of the molecule is Cn1c(SCc2nc3ccccc3c(=O)n2CC#N)nnc1[C@H]1COc2ccccc2O1. The average molecular weight is 446 g/mol. The lowest BCUT2D eigenvalue weighted by atomic mass is 10.2. The van der Waals surface area contributed by atoms with Crippen LogP contribution >= 0.6 is 11.8 Å². The van der Waals surface area contributed by atoms with Crippen LogP contribution in [-0.2, 0) is 19.3 Å². The molecule has 1 aliphatic rings. The zero-order valence-electron chi connectivity index (χ0n) is 17.1. The average Bonchev–Trinajstić information content (AvgIpc) is 3.19. The standard InChI is InChI=1S/C22H18N6O3S/c1-27-20(18-12-30-16-8-4-5-9-17(16)31-18)25-26-22(27)32-13-19-24-15-7-3-2-6-14(15)21(29)28(19)11-10-23/h2-9,18H,11-13H2,1H3/t18-/m1/s1. The monoisotopic (exact) mass is 446 g/mol. The third kappa shape index (κ3) is 3.56. The summed E-state index contributed by atoms with van der Waals surface area (Å²) in [4.78, 5) is 17.4. The van der Waals surface area contributed by atoms with Crippen molar-refractivity contribution in [3.05, 3.63) is 70.5 Å². The van der Waals surface area contributed by atoms with Crippen LogP contribution in [0.4, 0.5) is 0 Å². The molecule has 0 bridgehead atoms. The second kappa shape index (κ2) is 8.36. The third-order valence-electron chi connectivity index (χ3n) is 5.17. The van der Waals surface area contributed by atoms with Crippen molar-refractivity contribution in [2.24, 2.45) is 7.05 Å². The molecule has 2 aromatic heterocycles. The summed E-state index contributed by atoms with van der Waals surface area (Å²) >= 11 is 1.39. The predicted molar refractivity (Wildman–Crippen MR) is 117 cm³/mol. The molecule has 2 aromatic carbocycles. The Morgan fingerprint density at radius 2 is 1.94 bits per heavy atom. The van der Waals surface area contributed by atoms with E-state index in [1.165, 1.54) is 16.3 Å². The molecule has 4 aromatic rings. The maximum absolute atomic E-state index is 12.8. The molecule has 0 aliphatic carbocycles. The van der Waals surface area contributed by atoms with Crippen LogP contribution in [-0.4, -0.2) is 30.9 Å². The minimum absolute atomic E-state index is 0.0662. The lowest BCUT2D eigenvalue weighted by Crippen LogP contribution is -2.25. The molecule has 0 saturated carbocycles. The summed E-state index contributed by atoms with van der Waals surface area (Å²) in [6.07, 6.45) is -0.382. The van der Waals surface area contributed by atoms with Crippen molar-refractivity contribution in [3.8, 4) is 17.6 Å². The molecule has 32 heavy (non-hydrogen) atoms. The Hall–Kier alpha value is -3.84. The van der Waals surface area contributed by atoms with Crippen molar-refractivity contribution in [2.45, 2.75) is 23.6 Å². The normalized spacial score (nSPS) is 14.9. The smallest absolute Gasteiger partial charge is 0.262 e. The molecule has 3 heterocycles. The highest BCUT2D eigenvalue weighted by Crippen LogP contribution is 2.36. The summed E-state index contributed by atoms with van der Waals surface area (Å²) in [7, 11) is 1.86. The Morgan fingerprint density at radius 1 is 1.16 bits per heavy atom. The number of nitrogens with zero attached hydrogens (tertiary/aromatic N) is 6. The summed E-state index contributed by atoms with van der Waals surface area (Å²) in [6, 6.07) is 16.7. The number of ether oxygens (including phenoxy) is 2. The van der Waals surface area contributed by atoms with Gasteiger partial charge in [-0.15, -0.1) is 10.2 Å². The van der Waals surface area contributed by atoms with Gasteiger partial charge in [0, 0.05) is 7.05 Å². The second-order valence-electron chi connectivity index (χ2n) is 7.15. The molecular weight excluding hydrogens is 428 g/mol. The molecule has 0 saturated heterocycles. The molecule has 0 spiro atoms. The van der Waals surface area contributed by atoms with Gasteiger partial charge in [0.2, 0.25) is 0 Å². The number of rotatable bonds is 5. The summed E-state index contributed by atoms with van der Waals surface area (Å²) in [6.45, 7) is 0.269. The van der Waals surface area contributed by atoms with Crippen LogP contribution < -0.4 is 15.0 Å². The Kier molecular flexibility index (Phi) is 5.25. The maximum Gasteiger partial charge on any atom is 0.262 e. The number of nitriles is 1. The van der Waals surface area contributed by atoms with Crippen LogP contribution in [0.5, 0.6) is 11.5 Å². The van der Waals surface area contributed by atoms with Gasteiger partial charge in [0.25, 0.3) is 5.56 Å². The summed E-state index contributed by atoms with van der Waals surface area (Å²) < 4.78 is 15.1. The van der Waals surface area contributed by atoms with Crippen LogP contribution in [0.2, 0.25) is 0 Å². The first-order valence-corrected chi connectivity index (χ1v) is 10.9. The summed E-state index contributed by atoms with van der Waals surface area (Å²) in [5.41, 5.74) is 0.380. The molecule has 9 nitrogen and oxygen atoms in total. The van der Waals surface area contributed by atoms with E-state index < -0.39 is 0 Å². The minimum atomic E-state index is -0.382. The predicted octanol–water partition coefficient (Wildman–Crippen LogP) is 2.85. The lowest BCUT2D eigenvalue weighted by molar-refractivity contribution is 0.0825. The summed E-state index contributed by atoms with van der Waals surface area (Å²) in [5.74, 6) is 2.89. The fourth-order valence-electron chi connectivity index (χ4n) is 3.57. The van der Waals surface area contributed by atoms with E-state index in [0.717, 1.165) is 0 Å². The number of hydrogen-bond donors (Lipinski definition) is 0. The van der Waals surface area contributed by atoms with E-state index in [4.69, 9.17) is 9.47 Å². The molecule has 0 fully saturated rings. The number of aromatic nitrogens is 5. The van der Waals surface area contributed by atoms with Gasteiger partial charge in [-0.2, -0.15) is 5.26 Å². The van der Waals surface area contributed by atoms with Gasteiger partial charge < -0.3 is 14.0 Å². The van der Waals surface area contributed by atoms with Crippen molar-refractivity contribution >= 4 is 22.7 Å². The van der Waals surface area contributed by atoms with Crippen molar-refractivity contribution in [1.29, 1.82) is 5.26 Å². The highest BCUT2D eigenvalue weighted by molar-refractivity contribution is 7.98. The minimum Gasteiger partial charge on any atom is -0.485 e. The van der Waals surface area contributed by atoms with Gasteiger partial charge in [0.1, 0.15) is 19.0 Å². The van der Waals surface area contributed by atoms with Crippen molar-refractivity contribution in [1.82, 2.24) is 24.3 Å². The highest BCUT2D eigenvalue weighted by Gasteiger charge is 2.27. The molecule has 0 unspecified atom stereocenters. The van der Waals surface area contributed by atoms with Gasteiger partial charge in [0.05, 0.1) is 22.7 Å². The number of hydrogen-bond acceptors (Lipinski definition) is 8. The molecule has 0 amide bonds. The Balaban J connectivity index is 1.39. The zero-order valence-corrected chi connectivity index (χ0v) is 18.0. The largest absolute Gasteiger partial charge is 0.485 e. The van der Waals surface area contributed by atoms with Crippen LogP contribution in [0, 0.1) is 11.3 Å². The lowest BCUT2D eigenvalue weighted by Gasteiger charge is -2.25. The van der Waals surface area contributed by atoms with E-state index in [1.807, 2.05) is 48.0 Å². The molecule has 1 aliphatic heterocycles. The van der Waals surface area contributed by atoms with Gasteiger partial charge in [-0.25, -0.2) is 4.98 Å². The molecular formula is C22H18N6O3S. The van der Waals surface area contributed by atoms with Crippen molar-refractivity contribution in [2.75, 3.05) is 6.61 Å². The number of thioether (sulfide) groups is 1. The third-order valence-corrected chi connectivity index (χ3v) is 6.18. The molecule has 10 heteroatoms. The molecule has 0 radical (unpaired) electrons. The fraction of sp³-hybridized carbons (Fsp3) is 0.227. The zero-order chi connectivity index (χ0) is 22.1. The second-order valence-corrected chi connectivity index (χ2v) is 8.09. The number of benzene rings is 2. The van der Waals surface area contributed by atoms with Crippen molar-refractivity contribution < 1.29 is 9.47 Å². The van der Waals surface area contributed by atoms with Gasteiger partial charge in [-0.1, -0.05) is 36.0 Å². The quantitative estimate of drug-likeness (QED) is 0.431. The van der Waals surface area contributed by atoms with E-state index >= 15 is 0 Å². The summed E-state index contributed by atoms with van der Waals surface area (Å²) in [5, 5.41) is 18.9. The van der Waals surface area contributed by atoms with E-state index in [0.29, 0.717) is 51.6 Å². The van der Waals surface area contributed by atoms with E-state index in [9.17, 15) is 10.1 Å². The molecule has 160 valence electrons. The number of para-hydroxylation sites is 3. The van der Waals surface area contributed by atoms with Crippen molar-refractivity contribution in [3.63, 3.8) is 0 Å². The van der Waals surface area contributed by atoms with Crippen LogP contribution in [0.25, 0.3) is 10.9 Å². The molecule has 0 N–H and O–H groups in total. The Morgan fingerprint density at radius 3 is 2.78 bits per heavy atom. The number of fused-ring (bicyclic) bond motifs is 2. The van der Waals surface area contributed by atoms with E-state index in [-0.39, 0.29) is 18.2 Å². The molecule has 1 atom stereocenters. The van der Waals surface area contributed by atoms with E-state index in [1.54, 1.807) is 18.2 Å². The van der Waals surface area contributed by atoms with Gasteiger partial charge in [0.15, 0.2) is 28.6 Å². The fourth-order valence-corrected chi connectivity index (χ4v) is 4.43. The first-order chi connectivity index (χ1) is 15.7. The van der Waals surface area contributed by atoms with Gasteiger partial charge in [-0.05, 0) is 24.3 Å². The molecule has 5 rings (SSSR count). The van der Waals surface area contributed by atoms with E-state index in [2.05, 4.69) is 15.2 Å². The topological polar surface area (TPSA) is 108 Å². The van der Waals surface area contributed by atoms with Gasteiger partial charge in [-0.3, -0.25) is 9.36 Å². The highest BCUT2D eigenvalue weighted by atomic mass is 32.2. The maximum atomic E-state index is 12.8. The van der Waals surface area contributed by atoms with Crippen LogP contribution in [0.3, 0.4) is 0 Å². The van der Waals surface area contributed by atoms with Crippen LogP contribution in [0.1, 0.15) is 17.8 Å². The first-order valence-electron chi connectivity index (χ1n) is 9.91. The van der Waals surface area contributed by atoms with Gasteiger partial charge >= 0.3 is 0 Å². The Labute approximate surface area is 187 Å². The Bertz CT molecular complexity index is 1410. The van der Waals surface area contributed by atoms with Crippen LogP contribution in [0.15, 0.2) is 58.5 Å². The first kappa shape index (κ1) is 20.1.